The Bertz CT molecular complexity index is 759. The maximum Gasteiger partial charge on any atom is 0.415 e. The highest BCUT2D eigenvalue weighted by atomic mass is 28.4. The van der Waals surface area contributed by atoms with E-state index in [1.54, 1.807) is 23.1 Å². The summed E-state index contributed by atoms with van der Waals surface area (Å²) in [7, 11) is -1.94. The van der Waals surface area contributed by atoms with Crippen molar-refractivity contribution in [2.45, 2.75) is 58.0 Å². The maximum atomic E-state index is 12.5. The van der Waals surface area contributed by atoms with Gasteiger partial charge in [-0.2, -0.15) is 0 Å². The smallest absolute Gasteiger partial charge is 0.415 e. The molecule has 27 heavy (non-hydrogen) atoms. The summed E-state index contributed by atoms with van der Waals surface area (Å²) in [4.78, 5) is 25.4. The third-order valence-corrected chi connectivity index (χ3v) is 10.1. The number of cyclic esters (lactones) is 1. The number of benzene rings is 1. The lowest BCUT2D eigenvalue weighted by atomic mass is 10.1. The van der Waals surface area contributed by atoms with Crippen LogP contribution in [0, 0.1) is 0 Å². The molecule has 3 rings (SSSR count). The largest absolute Gasteiger partial charge is 0.489 e. The zero-order valence-electron chi connectivity index (χ0n) is 16.8. The SMILES string of the molecule is CC(=O)Nc1ccc2c(c1)OC[C@H]1[C@H](CO[Si](C)(C)C(C)(C)C)OC(=O)N21. The van der Waals surface area contributed by atoms with Crippen molar-refractivity contribution in [3.8, 4) is 5.75 Å². The van der Waals surface area contributed by atoms with Crippen molar-refractivity contribution in [3.63, 3.8) is 0 Å². The minimum absolute atomic E-state index is 0.0884. The number of rotatable bonds is 4. The van der Waals surface area contributed by atoms with Gasteiger partial charge in [-0.25, -0.2) is 4.79 Å². The lowest BCUT2D eigenvalue weighted by Gasteiger charge is -2.37. The summed E-state index contributed by atoms with van der Waals surface area (Å²) in [5.41, 5.74) is 1.28. The van der Waals surface area contributed by atoms with Crippen LogP contribution in [0.25, 0.3) is 0 Å². The van der Waals surface area contributed by atoms with Gasteiger partial charge >= 0.3 is 6.09 Å². The summed E-state index contributed by atoms with van der Waals surface area (Å²) < 4.78 is 17.7. The molecule has 0 aromatic heterocycles. The number of nitrogens with zero attached hydrogens (tertiary/aromatic N) is 1. The Morgan fingerprint density at radius 3 is 2.70 bits per heavy atom. The number of carbonyl (C=O) groups excluding carboxylic acids is 2. The highest BCUT2D eigenvalue weighted by molar-refractivity contribution is 6.74. The Morgan fingerprint density at radius 2 is 2.07 bits per heavy atom. The Hall–Kier alpha value is -2.06. The molecule has 0 aliphatic carbocycles. The van der Waals surface area contributed by atoms with E-state index in [0.29, 0.717) is 30.3 Å². The highest BCUT2D eigenvalue weighted by Gasteiger charge is 2.48. The molecule has 0 spiro atoms. The first kappa shape index (κ1) is 19.7. The van der Waals surface area contributed by atoms with Crippen molar-refractivity contribution >= 4 is 31.7 Å². The number of ether oxygens (including phenoxy) is 2. The predicted molar refractivity (Wildman–Crippen MR) is 106 cm³/mol. The van der Waals surface area contributed by atoms with Gasteiger partial charge in [-0.1, -0.05) is 20.8 Å². The molecule has 1 N–H and O–H groups in total. The molecule has 2 amide bonds. The first-order valence-corrected chi connectivity index (χ1v) is 12.1. The fourth-order valence-electron chi connectivity index (χ4n) is 2.96. The van der Waals surface area contributed by atoms with Gasteiger partial charge < -0.3 is 19.2 Å². The van der Waals surface area contributed by atoms with E-state index in [4.69, 9.17) is 13.9 Å². The van der Waals surface area contributed by atoms with Crippen molar-refractivity contribution in [2.75, 3.05) is 23.4 Å². The number of anilines is 2. The van der Waals surface area contributed by atoms with Crippen LogP contribution in [-0.4, -0.2) is 45.7 Å². The van der Waals surface area contributed by atoms with Gasteiger partial charge in [0.05, 0.1) is 12.3 Å². The number of hydrogen-bond donors (Lipinski definition) is 1. The lowest BCUT2D eigenvalue weighted by molar-refractivity contribution is -0.114. The molecule has 1 fully saturated rings. The van der Waals surface area contributed by atoms with Gasteiger partial charge in [0.15, 0.2) is 8.32 Å². The topological polar surface area (TPSA) is 77.1 Å². The number of fused-ring (bicyclic) bond motifs is 3. The highest BCUT2D eigenvalue weighted by Crippen LogP contribution is 2.41. The van der Waals surface area contributed by atoms with Gasteiger partial charge in [0, 0.05) is 18.7 Å². The van der Waals surface area contributed by atoms with Crippen LogP contribution in [-0.2, 0) is 14.0 Å². The Morgan fingerprint density at radius 1 is 1.37 bits per heavy atom. The Labute approximate surface area is 161 Å². The number of amides is 2. The third kappa shape index (κ3) is 3.82. The van der Waals surface area contributed by atoms with E-state index in [1.807, 2.05) is 0 Å². The zero-order chi connectivity index (χ0) is 20.0. The molecule has 0 saturated carbocycles. The number of carbonyl (C=O) groups is 2. The van der Waals surface area contributed by atoms with E-state index < -0.39 is 8.32 Å². The van der Waals surface area contributed by atoms with Crippen LogP contribution in [0.4, 0.5) is 16.2 Å². The van der Waals surface area contributed by atoms with Crippen molar-refractivity contribution in [1.29, 1.82) is 0 Å². The van der Waals surface area contributed by atoms with Crippen LogP contribution in [0.5, 0.6) is 5.75 Å². The van der Waals surface area contributed by atoms with Gasteiger partial charge in [0.25, 0.3) is 0 Å². The fraction of sp³-hybridized carbons (Fsp3) is 0.579. The first-order valence-electron chi connectivity index (χ1n) is 9.18. The molecule has 7 nitrogen and oxygen atoms in total. The molecule has 1 aromatic rings. The normalized spacial score (nSPS) is 21.9. The van der Waals surface area contributed by atoms with Gasteiger partial charge in [0.1, 0.15) is 24.5 Å². The van der Waals surface area contributed by atoms with Crippen molar-refractivity contribution in [3.05, 3.63) is 18.2 Å². The standard InChI is InChI=1S/C19H28N2O5Si/c1-12(22)20-13-7-8-14-16(9-13)24-10-15-17(26-18(23)21(14)15)11-25-27(5,6)19(2,3)4/h7-9,15,17H,10-11H2,1-6H3,(H,20,22)/t15-,17-/m0/s1. The van der Waals surface area contributed by atoms with Gasteiger partial charge in [-0.05, 0) is 30.3 Å². The van der Waals surface area contributed by atoms with Gasteiger partial charge in [0.2, 0.25) is 5.91 Å². The lowest BCUT2D eigenvalue weighted by Crippen LogP contribution is -2.48. The molecule has 2 atom stereocenters. The molecular weight excluding hydrogens is 364 g/mol. The van der Waals surface area contributed by atoms with Gasteiger partial charge in [-0.3, -0.25) is 9.69 Å². The third-order valence-electron chi connectivity index (χ3n) is 5.57. The zero-order valence-corrected chi connectivity index (χ0v) is 17.8. The van der Waals surface area contributed by atoms with E-state index >= 15 is 0 Å². The summed E-state index contributed by atoms with van der Waals surface area (Å²) in [6.07, 6.45) is -0.754. The molecule has 2 aliphatic rings. The van der Waals surface area contributed by atoms with Crippen molar-refractivity contribution in [2.24, 2.45) is 0 Å². The van der Waals surface area contributed by atoms with Crippen molar-refractivity contribution < 1.29 is 23.5 Å². The van der Waals surface area contributed by atoms with Crippen LogP contribution >= 0.6 is 0 Å². The maximum absolute atomic E-state index is 12.5. The average Bonchev–Trinajstić information content (AvgIpc) is 2.87. The van der Waals surface area contributed by atoms with Crippen LogP contribution in [0.15, 0.2) is 18.2 Å². The second-order valence-electron chi connectivity index (χ2n) is 8.61. The van der Waals surface area contributed by atoms with E-state index in [0.717, 1.165) is 0 Å². The Kier molecular flexibility index (Phi) is 4.98. The molecule has 2 heterocycles. The van der Waals surface area contributed by atoms with Crippen molar-refractivity contribution in [1.82, 2.24) is 0 Å². The average molecular weight is 393 g/mol. The number of nitrogens with one attached hydrogen (secondary N) is 1. The minimum atomic E-state index is -1.94. The number of hydrogen-bond acceptors (Lipinski definition) is 5. The molecule has 148 valence electrons. The Balaban J connectivity index is 1.76. The van der Waals surface area contributed by atoms with Crippen LogP contribution in [0.1, 0.15) is 27.7 Å². The van der Waals surface area contributed by atoms with Crippen LogP contribution in [0.3, 0.4) is 0 Å². The molecule has 2 aliphatic heterocycles. The summed E-state index contributed by atoms with van der Waals surface area (Å²) in [6, 6.07) is 5.02. The quantitative estimate of drug-likeness (QED) is 0.790. The molecule has 0 bridgehead atoms. The van der Waals surface area contributed by atoms with E-state index in [2.05, 4.69) is 39.2 Å². The predicted octanol–water partition coefficient (Wildman–Crippen LogP) is 3.75. The monoisotopic (exact) mass is 392 g/mol. The summed E-state index contributed by atoms with van der Waals surface area (Å²) in [6.45, 7) is 13.0. The second kappa shape index (κ2) is 6.83. The first-order chi connectivity index (χ1) is 12.5. The second-order valence-corrected chi connectivity index (χ2v) is 13.4. The molecule has 1 aromatic carbocycles. The minimum Gasteiger partial charge on any atom is -0.489 e. The van der Waals surface area contributed by atoms with Crippen LogP contribution < -0.4 is 15.0 Å². The molecule has 0 unspecified atom stereocenters. The van der Waals surface area contributed by atoms with Gasteiger partial charge in [-0.15, -0.1) is 0 Å². The van der Waals surface area contributed by atoms with E-state index in [9.17, 15) is 9.59 Å². The fourth-order valence-corrected chi connectivity index (χ4v) is 3.98. The van der Waals surface area contributed by atoms with E-state index in [-0.39, 0.29) is 29.2 Å². The van der Waals surface area contributed by atoms with Crippen LogP contribution in [0.2, 0.25) is 18.1 Å². The summed E-state index contributed by atoms with van der Waals surface area (Å²) in [5, 5.41) is 2.80. The molecule has 0 radical (unpaired) electrons. The summed E-state index contributed by atoms with van der Waals surface area (Å²) >= 11 is 0. The molecular formula is C19H28N2O5Si. The molecule has 1 saturated heterocycles. The summed E-state index contributed by atoms with van der Waals surface area (Å²) in [5.74, 6) is 0.396. The molecule has 8 heteroatoms. The van der Waals surface area contributed by atoms with E-state index in [1.165, 1.54) is 6.92 Å².